The highest BCUT2D eigenvalue weighted by atomic mass is 32.2. The SMILES string of the molecule is COC(=O)c1cc(S(=O)(=O)N(C)Cc2ccc3c(c2)OCCO3)ccc1C. The van der Waals surface area contributed by atoms with Gasteiger partial charge in [0.2, 0.25) is 10.0 Å². The Balaban J connectivity index is 1.85. The van der Waals surface area contributed by atoms with Gasteiger partial charge in [0.1, 0.15) is 13.2 Å². The van der Waals surface area contributed by atoms with E-state index < -0.39 is 16.0 Å². The third-order valence-corrected chi connectivity index (χ3v) is 6.13. The second kappa shape index (κ2) is 7.58. The number of hydrogen-bond acceptors (Lipinski definition) is 6. The first-order valence-corrected chi connectivity index (χ1v) is 9.81. The summed E-state index contributed by atoms with van der Waals surface area (Å²) in [6, 6.07) is 9.76. The Morgan fingerprint density at radius 1 is 1.11 bits per heavy atom. The standard InChI is InChI=1S/C19H21NO6S/c1-13-4-6-15(11-16(13)19(21)24-3)27(22,23)20(2)12-14-5-7-17-18(10-14)26-9-8-25-17/h4-7,10-11H,8-9,12H2,1-3H3. The predicted molar refractivity (Wildman–Crippen MR) is 98.6 cm³/mol. The minimum Gasteiger partial charge on any atom is -0.486 e. The summed E-state index contributed by atoms with van der Waals surface area (Å²) >= 11 is 0. The Kier molecular flexibility index (Phi) is 5.38. The lowest BCUT2D eigenvalue weighted by atomic mass is 10.1. The summed E-state index contributed by atoms with van der Waals surface area (Å²) in [7, 11) is -1.04. The molecule has 0 aliphatic carbocycles. The van der Waals surface area contributed by atoms with Gasteiger partial charge in [-0.25, -0.2) is 13.2 Å². The van der Waals surface area contributed by atoms with Crippen LogP contribution in [0.4, 0.5) is 0 Å². The summed E-state index contributed by atoms with van der Waals surface area (Å²) in [6.07, 6.45) is 0. The number of carbonyl (C=O) groups is 1. The topological polar surface area (TPSA) is 82.1 Å². The summed E-state index contributed by atoms with van der Waals surface area (Å²) < 4.78 is 42.8. The monoisotopic (exact) mass is 391 g/mol. The van der Waals surface area contributed by atoms with Crippen molar-refractivity contribution in [3.63, 3.8) is 0 Å². The van der Waals surface area contributed by atoms with Crippen LogP contribution in [-0.4, -0.2) is 46.1 Å². The van der Waals surface area contributed by atoms with Crippen molar-refractivity contribution in [3.05, 3.63) is 53.1 Å². The van der Waals surface area contributed by atoms with Crippen LogP contribution in [0.25, 0.3) is 0 Å². The molecule has 144 valence electrons. The number of ether oxygens (including phenoxy) is 3. The maximum atomic E-state index is 12.9. The Morgan fingerprint density at radius 3 is 2.52 bits per heavy atom. The number of rotatable bonds is 5. The fourth-order valence-corrected chi connectivity index (χ4v) is 3.99. The highest BCUT2D eigenvalue weighted by molar-refractivity contribution is 7.89. The molecule has 0 aromatic heterocycles. The van der Waals surface area contributed by atoms with Crippen molar-refractivity contribution >= 4 is 16.0 Å². The van der Waals surface area contributed by atoms with Gasteiger partial charge in [-0.05, 0) is 42.3 Å². The molecule has 0 saturated heterocycles. The molecule has 2 aromatic carbocycles. The van der Waals surface area contributed by atoms with E-state index in [0.29, 0.717) is 30.3 Å². The van der Waals surface area contributed by atoms with E-state index in [4.69, 9.17) is 14.2 Å². The van der Waals surface area contributed by atoms with E-state index >= 15 is 0 Å². The normalized spacial score (nSPS) is 13.5. The van der Waals surface area contributed by atoms with Gasteiger partial charge in [-0.15, -0.1) is 0 Å². The van der Waals surface area contributed by atoms with Crippen LogP contribution in [0.2, 0.25) is 0 Å². The highest BCUT2D eigenvalue weighted by Crippen LogP contribution is 2.31. The smallest absolute Gasteiger partial charge is 0.338 e. The summed E-state index contributed by atoms with van der Waals surface area (Å²) in [5.41, 5.74) is 1.65. The van der Waals surface area contributed by atoms with Crippen molar-refractivity contribution in [2.45, 2.75) is 18.4 Å². The van der Waals surface area contributed by atoms with E-state index in [2.05, 4.69) is 0 Å². The van der Waals surface area contributed by atoms with Crippen molar-refractivity contribution in [1.29, 1.82) is 0 Å². The van der Waals surface area contributed by atoms with Crippen LogP contribution in [-0.2, 0) is 21.3 Å². The van der Waals surface area contributed by atoms with Gasteiger partial charge in [-0.2, -0.15) is 4.31 Å². The zero-order chi connectivity index (χ0) is 19.6. The van der Waals surface area contributed by atoms with Gasteiger partial charge in [0, 0.05) is 13.6 Å². The van der Waals surface area contributed by atoms with Crippen LogP contribution in [0.1, 0.15) is 21.5 Å². The minimum atomic E-state index is -3.79. The second-order valence-corrected chi connectivity index (χ2v) is 8.25. The molecule has 1 aliphatic heterocycles. The van der Waals surface area contributed by atoms with Crippen LogP contribution in [0.3, 0.4) is 0 Å². The zero-order valence-corrected chi connectivity index (χ0v) is 16.2. The van der Waals surface area contributed by atoms with Gasteiger partial charge in [-0.1, -0.05) is 12.1 Å². The van der Waals surface area contributed by atoms with Gasteiger partial charge in [0.25, 0.3) is 0 Å². The molecule has 0 atom stereocenters. The summed E-state index contributed by atoms with van der Waals surface area (Å²) in [4.78, 5) is 11.9. The van der Waals surface area contributed by atoms with E-state index in [9.17, 15) is 13.2 Å². The number of benzene rings is 2. The van der Waals surface area contributed by atoms with Crippen LogP contribution >= 0.6 is 0 Å². The zero-order valence-electron chi connectivity index (χ0n) is 15.4. The van der Waals surface area contributed by atoms with E-state index in [-0.39, 0.29) is 17.0 Å². The van der Waals surface area contributed by atoms with Crippen LogP contribution < -0.4 is 9.47 Å². The summed E-state index contributed by atoms with van der Waals surface area (Å²) in [6.45, 7) is 2.84. The number of carbonyl (C=O) groups excluding carboxylic acids is 1. The molecule has 0 bridgehead atoms. The van der Waals surface area contributed by atoms with Crippen LogP contribution in [0.15, 0.2) is 41.3 Å². The van der Waals surface area contributed by atoms with Crippen LogP contribution in [0, 0.1) is 6.92 Å². The number of nitrogens with zero attached hydrogens (tertiary/aromatic N) is 1. The van der Waals surface area contributed by atoms with Gasteiger partial charge < -0.3 is 14.2 Å². The molecule has 0 unspecified atom stereocenters. The minimum absolute atomic E-state index is 0.0357. The third kappa shape index (κ3) is 3.91. The van der Waals surface area contributed by atoms with Crippen molar-refractivity contribution in [2.24, 2.45) is 0 Å². The van der Waals surface area contributed by atoms with Gasteiger partial charge in [-0.3, -0.25) is 0 Å². The van der Waals surface area contributed by atoms with E-state index in [1.807, 2.05) is 0 Å². The Labute approximate surface area is 158 Å². The molecule has 0 fully saturated rings. The van der Waals surface area contributed by atoms with E-state index in [1.54, 1.807) is 31.2 Å². The summed E-state index contributed by atoms with van der Waals surface area (Å²) in [5, 5.41) is 0. The Morgan fingerprint density at radius 2 is 1.81 bits per heavy atom. The van der Waals surface area contributed by atoms with Gasteiger partial charge >= 0.3 is 5.97 Å². The predicted octanol–water partition coefficient (Wildman–Crippen LogP) is 2.37. The fourth-order valence-electron chi connectivity index (χ4n) is 2.80. The number of methoxy groups -OCH3 is 1. The molecule has 7 nitrogen and oxygen atoms in total. The quantitative estimate of drug-likeness (QED) is 0.728. The molecule has 0 saturated carbocycles. The van der Waals surface area contributed by atoms with E-state index in [0.717, 1.165) is 5.56 Å². The first-order valence-electron chi connectivity index (χ1n) is 8.37. The molecule has 1 aliphatic rings. The van der Waals surface area contributed by atoms with Crippen molar-refractivity contribution in [2.75, 3.05) is 27.4 Å². The molecular weight excluding hydrogens is 370 g/mol. The largest absolute Gasteiger partial charge is 0.486 e. The molecular formula is C19H21NO6S. The lowest BCUT2D eigenvalue weighted by Gasteiger charge is -2.21. The number of aryl methyl sites for hydroxylation is 1. The van der Waals surface area contributed by atoms with Crippen molar-refractivity contribution in [1.82, 2.24) is 4.31 Å². The van der Waals surface area contributed by atoms with Crippen molar-refractivity contribution < 1.29 is 27.4 Å². The third-order valence-electron chi connectivity index (χ3n) is 4.33. The van der Waals surface area contributed by atoms with Crippen molar-refractivity contribution in [3.8, 4) is 11.5 Å². The van der Waals surface area contributed by atoms with E-state index in [1.165, 1.54) is 30.6 Å². The summed E-state index contributed by atoms with van der Waals surface area (Å²) in [5.74, 6) is 0.684. The molecule has 3 rings (SSSR count). The number of sulfonamides is 1. The fraction of sp³-hybridized carbons (Fsp3) is 0.316. The first-order chi connectivity index (χ1) is 12.8. The molecule has 1 heterocycles. The van der Waals surface area contributed by atoms with Gasteiger partial charge in [0.05, 0.1) is 17.6 Å². The average Bonchev–Trinajstić information content (AvgIpc) is 2.67. The molecule has 0 spiro atoms. The van der Waals surface area contributed by atoms with Gasteiger partial charge in [0.15, 0.2) is 11.5 Å². The highest BCUT2D eigenvalue weighted by Gasteiger charge is 2.24. The number of hydrogen-bond donors (Lipinski definition) is 0. The average molecular weight is 391 g/mol. The lowest BCUT2D eigenvalue weighted by molar-refractivity contribution is 0.0599. The maximum absolute atomic E-state index is 12.9. The molecule has 0 radical (unpaired) electrons. The number of fused-ring (bicyclic) bond motifs is 1. The maximum Gasteiger partial charge on any atom is 0.338 e. The molecule has 27 heavy (non-hydrogen) atoms. The van der Waals surface area contributed by atoms with Crippen LogP contribution in [0.5, 0.6) is 11.5 Å². The first kappa shape index (κ1) is 19.2. The molecule has 0 amide bonds. The Bertz CT molecular complexity index is 970. The molecule has 2 aromatic rings. The second-order valence-electron chi connectivity index (χ2n) is 6.21. The molecule has 8 heteroatoms. The Hall–Kier alpha value is -2.58. The molecule has 0 N–H and O–H groups in total. The number of esters is 1. The lowest BCUT2D eigenvalue weighted by Crippen LogP contribution is -2.27.